The predicted molar refractivity (Wildman–Crippen MR) is 77.2 cm³/mol. The average molecular weight is 326 g/mol. The van der Waals surface area contributed by atoms with E-state index in [4.69, 9.17) is 5.73 Å². The van der Waals surface area contributed by atoms with Crippen molar-refractivity contribution in [3.05, 3.63) is 47.5 Å². The van der Waals surface area contributed by atoms with Gasteiger partial charge in [-0.15, -0.1) is 0 Å². The molecule has 0 aliphatic carbocycles. The van der Waals surface area contributed by atoms with Crippen LogP contribution in [0.1, 0.15) is 23.7 Å². The van der Waals surface area contributed by atoms with Crippen LogP contribution >= 0.6 is 0 Å². The lowest BCUT2D eigenvalue weighted by atomic mass is 10.1. The second-order valence-corrected chi connectivity index (χ2v) is 4.42. The van der Waals surface area contributed by atoms with Crippen molar-refractivity contribution in [3.8, 4) is 0 Å². The largest absolute Gasteiger partial charge is 0.463 e. The number of halogens is 2. The molecular weight excluding hydrogens is 310 g/mol. The molecule has 0 aromatic heterocycles. The Labute approximate surface area is 131 Å². The first-order valence-corrected chi connectivity index (χ1v) is 6.74. The van der Waals surface area contributed by atoms with Crippen molar-refractivity contribution >= 4 is 17.8 Å². The smallest absolute Gasteiger partial charge is 0.330 e. The van der Waals surface area contributed by atoms with Crippen LogP contribution in [0.2, 0.25) is 0 Å². The fourth-order valence-corrected chi connectivity index (χ4v) is 1.65. The Morgan fingerprint density at radius 3 is 2.65 bits per heavy atom. The molecule has 124 valence electrons. The summed E-state index contributed by atoms with van der Waals surface area (Å²) in [4.78, 5) is 34.3. The molecule has 1 atom stereocenters. The zero-order valence-corrected chi connectivity index (χ0v) is 12.3. The monoisotopic (exact) mass is 326 g/mol. The van der Waals surface area contributed by atoms with Crippen molar-refractivity contribution < 1.29 is 27.9 Å². The van der Waals surface area contributed by atoms with Gasteiger partial charge in [0.25, 0.3) is 5.91 Å². The summed E-state index contributed by atoms with van der Waals surface area (Å²) in [6.07, 6.45) is 2.26. The van der Waals surface area contributed by atoms with Crippen LogP contribution in [0.15, 0.2) is 30.4 Å². The highest BCUT2D eigenvalue weighted by Crippen LogP contribution is 2.11. The van der Waals surface area contributed by atoms with E-state index in [-0.39, 0.29) is 13.0 Å². The van der Waals surface area contributed by atoms with Gasteiger partial charge in [-0.3, -0.25) is 9.59 Å². The van der Waals surface area contributed by atoms with Crippen molar-refractivity contribution in [1.29, 1.82) is 0 Å². The number of carbonyl (C=O) groups excluding carboxylic acids is 3. The van der Waals surface area contributed by atoms with Gasteiger partial charge in [0.1, 0.15) is 6.04 Å². The summed E-state index contributed by atoms with van der Waals surface area (Å²) in [6.45, 7) is 1.82. The third kappa shape index (κ3) is 5.50. The first-order chi connectivity index (χ1) is 10.9. The number of hydrogen-bond donors (Lipinski definition) is 2. The molecule has 2 amide bonds. The van der Waals surface area contributed by atoms with Gasteiger partial charge in [0.15, 0.2) is 11.6 Å². The first kappa shape index (κ1) is 18.3. The molecule has 1 aromatic rings. The Bertz CT molecular complexity index is 632. The molecule has 1 aromatic carbocycles. The quantitative estimate of drug-likeness (QED) is 0.578. The molecule has 23 heavy (non-hydrogen) atoms. The van der Waals surface area contributed by atoms with Crippen molar-refractivity contribution in [2.75, 3.05) is 6.61 Å². The molecule has 0 saturated heterocycles. The predicted octanol–water partition coefficient (Wildman–Crippen LogP) is 1.06. The molecule has 0 heterocycles. The Hall–Kier alpha value is -2.77. The Morgan fingerprint density at radius 2 is 2.04 bits per heavy atom. The Kier molecular flexibility index (Phi) is 6.85. The topological polar surface area (TPSA) is 98.5 Å². The standard InChI is InChI=1S/C15H16F2N2O4/c1-2-23-12(20)8-4-7-11(14(18)21)19-15(22)9-5-3-6-10(16)13(9)17/h3-6,8,11H,2,7H2,1H3,(H2,18,21)(H,19,22)/b8-4+/t11-/m0/s1. The number of ether oxygens (including phenoxy) is 1. The summed E-state index contributed by atoms with van der Waals surface area (Å²) in [5.74, 6) is -5.00. The summed E-state index contributed by atoms with van der Waals surface area (Å²) in [7, 11) is 0. The van der Waals surface area contributed by atoms with Gasteiger partial charge in [0, 0.05) is 6.08 Å². The highest BCUT2D eigenvalue weighted by Gasteiger charge is 2.21. The number of nitrogens with two attached hydrogens (primary N) is 1. The minimum Gasteiger partial charge on any atom is -0.463 e. The van der Waals surface area contributed by atoms with Gasteiger partial charge in [0.05, 0.1) is 12.2 Å². The van der Waals surface area contributed by atoms with Crippen LogP contribution < -0.4 is 11.1 Å². The molecule has 1 rings (SSSR count). The molecule has 0 fully saturated rings. The number of rotatable bonds is 7. The summed E-state index contributed by atoms with van der Waals surface area (Å²) < 4.78 is 31.3. The third-order valence-electron chi connectivity index (χ3n) is 2.76. The maximum Gasteiger partial charge on any atom is 0.330 e. The third-order valence-corrected chi connectivity index (χ3v) is 2.76. The van der Waals surface area contributed by atoms with Gasteiger partial charge in [-0.1, -0.05) is 12.1 Å². The number of primary amides is 1. The number of benzene rings is 1. The Balaban J connectivity index is 2.76. The molecular formula is C15H16F2N2O4. The van der Waals surface area contributed by atoms with E-state index in [1.54, 1.807) is 6.92 Å². The van der Waals surface area contributed by atoms with Gasteiger partial charge in [-0.05, 0) is 25.5 Å². The number of nitrogens with one attached hydrogen (secondary N) is 1. The summed E-state index contributed by atoms with van der Waals surface area (Å²) >= 11 is 0. The van der Waals surface area contributed by atoms with Crippen LogP contribution in [-0.2, 0) is 14.3 Å². The lowest BCUT2D eigenvalue weighted by molar-refractivity contribution is -0.137. The van der Waals surface area contributed by atoms with Crippen LogP contribution in [0.3, 0.4) is 0 Å². The maximum atomic E-state index is 13.5. The van der Waals surface area contributed by atoms with Gasteiger partial charge < -0.3 is 15.8 Å². The van der Waals surface area contributed by atoms with Gasteiger partial charge in [-0.25, -0.2) is 13.6 Å². The SMILES string of the molecule is CCOC(=O)/C=C/C[C@H](NC(=O)c1cccc(F)c1F)C(N)=O. The lowest BCUT2D eigenvalue weighted by Gasteiger charge is -2.14. The molecule has 0 bridgehead atoms. The number of esters is 1. The van der Waals surface area contributed by atoms with Crippen LogP contribution in [0.4, 0.5) is 8.78 Å². The highest BCUT2D eigenvalue weighted by molar-refractivity contribution is 5.97. The van der Waals surface area contributed by atoms with Crippen LogP contribution in [0.25, 0.3) is 0 Å². The van der Waals surface area contributed by atoms with E-state index in [0.29, 0.717) is 0 Å². The first-order valence-electron chi connectivity index (χ1n) is 6.74. The minimum atomic E-state index is -1.32. The molecule has 8 heteroatoms. The number of hydrogen-bond acceptors (Lipinski definition) is 4. The number of amides is 2. The van der Waals surface area contributed by atoms with E-state index in [1.807, 2.05) is 0 Å². The fraction of sp³-hybridized carbons (Fsp3) is 0.267. The highest BCUT2D eigenvalue weighted by atomic mass is 19.2. The molecule has 0 radical (unpaired) electrons. The van der Waals surface area contributed by atoms with Crippen LogP contribution in [0.5, 0.6) is 0 Å². The second kappa shape index (κ2) is 8.62. The van der Waals surface area contributed by atoms with Crippen LogP contribution in [-0.4, -0.2) is 30.4 Å². The van der Waals surface area contributed by atoms with Gasteiger partial charge >= 0.3 is 5.97 Å². The van der Waals surface area contributed by atoms with Crippen LogP contribution in [0, 0.1) is 11.6 Å². The van der Waals surface area contributed by atoms with Crippen molar-refractivity contribution in [2.45, 2.75) is 19.4 Å². The molecule has 0 unspecified atom stereocenters. The summed E-state index contributed by atoms with van der Waals surface area (Å²) in [5, 5.41) is 2.18. The van der Waals surface area contributed by atoms with Gasteiger partial charge in [0.2, 0.25) is 5.91 Å². The van der Waals surface area contributed by atoms with E-state index in [9.17, 15) is 23.2 Å². The van der Waals surface area contributed by atoms with E-state index in [0.717, 1.165) is 24.3 Å². The zero-order chi connectivity index (χ0) is 17.4. The maximum absolute atomic E-state index is 13.5. The lowest BCUT2D eigenvalue weighted by Crippen LogP contribution is -2.44. The molecule has 0 spiro atoms. The normalized spacial score (nSPS) is 12.0. The molecule has 0 aliphatic heterocycles. The van der Waals surface area contributed by atoms with E-state index in [1.165, 1.54) is 6.08 Å². The Morgan fingerprint density at radius 1 is 1.35 bits per heavy atom. The van der Waals surface area contributed by atoms with E-state index in [2.05, 4.69) is 10.1 Å². The summed E-state index contributed by atoms with van der Waals surface area (Å²) in [6, 6.07) is 1.91. The second-order valence-electron chi connectivity index (χ2n) is 4.42. The molecule has 0 saturated carbocycles. The molecule has 6 nitrogen and oxygen atoms in total. The van der Waals surface area contributed by atoms with Crippen molar-refractivity contribution in [1.82, 2.24) is 5.32 Å². The molecule has 0 aliphatic rings. The minimum absolute atomic E-state index is 0.100. The fourth-order valence-electron chi connectivity index (χ4n) is 1.65. The van der Waals surface area contributed by atoms with Gasteiger partial charge in [-0.2, -0.15) is 0 Å². The summed E-state index contributed by atoms with van der Waals surface area (Å²) in [5.41, 5.74) is 4.58. The van der Waals surface area contributed by atoms with Crippen molar-refractivity contribution in [2.24, 2.45) is 5.73 Å². The molecule has 3 N–H and O–H groups in total. The van der Waals surface area contributed by atoms with E-state index < -0.39 is 41.0 Å². The van der Waals surface area contributed by atoms with Crippen molar-refractivity contribution in [3.63, 3.8) is 0 Å². The zero-order valence-electron chi connectivity index (χ0n) is 12.3. The average Bonchev–Trinajstić information content (AvgIpc) is 2.49. The number of carbonyl (C=O) groups is 3. The van der Waals surface area contributed by atoms with E-state index >= 15 is 0 Å².